The van der Waals surface area contributed by atoms with Gasteiger partial charge in [0.2, 0.25) is 0 Å². The molecular weight excluding hydrogens is 276 g/mol. The zero-order valence-corrected chi connectivity index (χ0v) is 12.4. The molecule has 0 aliphatic rings. The van der Waals surface area contributed by atoms with E-state index in [-0.39, 0.29) is 5.91 Å². The summed E-state index contributed by atoms with van der Waals surface area (Å²) in [6.45, 7) is 5.43. The third-order valence-electron chi connectivity index (χ3n) is 2.64. The fraction of sp³-hybridized carbons (Fsp3) is 0.286. The zero-order valence-electron chi connectivity index (χ0n) is 11.5. The summed E-state index contributed by atoms with van der Waals surface area (Å²) in [5, 5.41) is 0.783. The molecule has 106 valence electrons. The lowest BCUT2D eigenvalue weighted by atomic mass is 10.1. The van der Waals surface area contributed by atoms with E-state index in [1.54, 1.807) is 30.5 Å². The Bertz CT molecular complexity index is 671. The van der Waals surface area contributed by atoms with Crippen LogP contribution in [0.2, 0.25) is 0 Å². The molecule has 1 aromatic heterocycles. The number of nitrogens with one attached hydrogen (secondary N) is 1. The molecule has 0 unspecified atom stereocenters. The molecule has 2 aromatic rings. The van der Waals surface area contributed by atoms with Crippen molar-refractivity contribution >= 4 is 35.7 Å². The lowest BCUT2D eigenvalue weighted by Crippen LogP contribution is -2.26. The molecule has 1 aromatic carbocycles. The van der Waals surface area contributed by atoms with Crippen LogP contribution in [-0.4, -0.2) is 22.2 Å². The second-order valence-corrected chi connectivity index (χ2v) is 5.60. The van der Waals surface area contributed by atoms with E-state index in [9.17, 15) is 9.59 Å². The van der Waals surface area contributed by atoms with E-state index < -0.39 is 11.7 Å². The van der Waals surface area contributed by atoms with Crippen molar-refractivity contribution in [1.82, 2.24) is 9.29 Å². The lowest BCUT2D eigenvalue weighted by Gasteiger charge is -2.19. The Balaban J connectivity index is 2.38. The summed E-state index contributed by atoms with van der Waals surface area (Å²) in [4.78, 5) is 23.6. The van der Waals surface area contributed by atoms with E-state index >= 15 is 0 Å². The van der Waals surface area contributed by atoms with Crippen molar-refractivity contribution in [2.24, 2.45) is 0 Å². The van der Waals surface area contributed by atoms with Crippen molar-refractivity contribution in [1.29, 1.82) is 0 Å². The Morgan fingerprint density at radius 3 is 2.55 bits per heavy atom. The Kier molecular flexibility index (Phi) is 3.76. The van der Waals surface area contributed by atoms with Gasteiger partial charge >= 0.3 is 6.09 Å². The highest BCUT2D eigenvalue weighted by Crippen LogP contribution is 2.19. The average Bonchev–Trinajstić information content (AvgIpc) is 2.78. The molecule has 0 fully saturated rings. The van der Waals surface area contributed by atoms with Crippen LogP contribution in [0, 0.1) is 0 Å². The van der Waals surface area contributed by atoms with Gasteiger partial charge in [-0.3, -0.25) is 14.1 Å². The number of ether oxygens (including phenoxy) is 1. The van der Waals surface area contributed by atoms with E-state index in [4.69, 9.17) is 4.74 Å². The highest BCUT2D eigenvalue weighted by molar-refractivity contribution is 7.78. The van der Waals surface area contributed by atoms with Crippen LogP contribution in [0.25, 0.3) is 10.9 Å². The minimum Gasteiger partial charge on any atom is -0.443 e. The lowest BCUT2D eigenvalue weighted by molar-refractivity contribution is 0.0544. The molecule has 0 atom stereocenters. The van der Waals surface area contributed by atoms with Gasteiger partial charge in [0, 0.05) is 17.1 Å². The maximum atomic E-state index is 12.1. The standard InChI is InChI=1S/C14H16N2O3S/c1-14(2,3)19-13(18)16-7-6-9-8-10(12(17)15-20)4-5-11(9)16/h4-8,20H,1-3H3,(H,15,17). The summed E-state index contributed by atoms with van der Waals surface area (Å²) in [5.41, 5.74) is 0.615. The van der Waals surface area contributed by atoms with Crippen LogP contribution in [0.15, 0.2) is 30.5 Å². The highest BCUT2D eigenvalue weighted by Gasteiger charge is 2.19. The van der Waals surface area contributed by atoms with Crippen LogP contribution in [0.4, 0.5) is 4.79 Å². The molecule has 5 nitrogen and oxygen atoms in total. The Morgan fingerprint density at radius 1 is 1.25 bits per heavy atom. The van der Waals surface area contributed by atoms with Gasteiger partial charge in [-0.15, -0.1) is 0 Å². The van der Waals surface area contributed by atoms with Crippen LogP contribution >= 0.6 is 12.8 Å². The largest absolute Gasteiger partial charge is 0.443 e. The maximum absolute atomic E-state index is 12.1. The number of nitrogens with zero attached hydrogens (tertiary/aromatic N) is 1. The van der Waals surface area contributed by atoms with E-state index in [1.165, 1.54) is 4.57 Å². The predicted molar refractivity (Wildman–Crippen MR) is 80.0 cm³/mol. The van der Waals surface area contributed by atoms with Gasteiger partial charge < -0.3 is 4.74 Å². The third kappa shape index (κ3) is 2.96. The normalized spacial score (nSPS) is 11.4. The van der Waals surface area contributed by atoms with E-state index in [0.717, 1.165) is 5.39 Å². The SMILES string of the molecule is CC(C)(C)OC(=O)n1ccc2cc(C(=O)NS)ccc21. The van der Waals surface area contributed by atoms with Crippen LogP contribution in [0.1, 0.15) is 31.1 Å². The molecule has 0 saturated heterocycles. The minimum atomic E-state index is -0.556. The van der Waals surface area contributed by atoms with Gasteiger partial charge in [-0.1, -0.05) is 12.8 Å². The molecule has 2 rings (SSSR count). The molecule has 0 spiro atoms. The van der Waals surface area contributed by atoms with Gasteiger partial charge in [0.05, 0.1) is 5.52 Å². The van der Waals surface area contributed by atoms with Crippen LogP contribution < -0.4 is 4.72 Å². The molecule has 0 saturated carbocycles. The van der Waals surface area contributed by atoms with Crippen molar-refractivity contribution in [3.8, 4) is 0 Å². The van der Waals surface area contributed by atoms with Crippen LogP contribution in [0.3, 0.4) is 0 Å². The number of thiol groups is 1. The van der Waals surface area contributed by atoms with Crippen molar-refractivity contribution in [2.75, 3.05) is 0 Å². The van der Waals surface area contributed by atoms with E-state index in [1.807, 2.05) is 20.8 Å². The highest BCUT2D eigenvalue weighted by atomic mass is 32.1. The van der Waals surface area contributed by atoms with Crippen molar-refractivity contribution < 1.29 is 14.3 Å². The fourth-order valence-corrected chi connectivity index (χ4v) is 1.95. The molecule has 1 amide bonds. The van der Waals surface area contributed by atoms with Gasteiger partial charge in [0.25, 0.3) is 5.91 Å². The Morgan fingerprint density at radius 2 is 1.95 bits per heavy atom. The maximum Gasteiger partial charge on any atom is 0.418 e. The summed E-state index contributed by atoms with van der Waals surface area (Å²) < 4.78 is 9.00. The quantitative estimate of drug-likeness (QED) is 0.794. The molecule has 0 radical (unpaired) electrons. The van der Waals surface area contributed by atoms with E-state index in [2.05, 4.69) is 17.5 Å². The third-order valence-corrected chi connectivity index (χ3v) is 2.85. The summed E-state index contributed by atoms with van der Waals surface area (Å²) in [6.07, 6.45) is 1.18. The second kappa shape index (κ2) is 5.20. The zero-order chi connectivity index (χ0) is 14.9. The second-order valence-electron chi connectivity index (χ2n) is 5.38. The molecular formula is C14H16N2O3S. The Hall–Kier alpha value is -1.95. The van der Waals surface area contributed by atoms with Crippen molar-refractivity contribution in [2.45, 2.75) is 26.4 Å². The Labute approximate surface area is 122 Å². The van der Waals surface area contributed by atoms with Crippen molar-refractivity contribution in [3.63, 3.8) is 0 Å². The molecule has 0 aliphatic heterocycles. The molecule has 0 bridgehead atoms. The number of rotatable bonds is 1. The number of aromatic nitrogens is 1. The molecule has 6 heteroatoms. The molecule has 1 heterocycles. The summed E-state index contributed by atoms with van der Waals surface area (Å²) in [7, 11) is 0. The average molecular weight is 292 g/mol. The number of carbonyl (C=O) groups is 2. The first kappa shape index (κ1) is 14.5. The van der Waals surface area contributed by atoms with Gasteiger partial charge in [-0.05, 0) is 45.0 Å². The van der Waals surface area contributed by atoms with Crippen LogP contribution in [-0.2, 0) is 4.74 Å². The summed E-state index contributed by atoms with van der Waals surface area (Å²) >= 11 is 3.73. The van der Waals surface area contributed by atoms with Gasteiger partial charge in [0.1, 0.15) is 5.60 Å². The molecule has 1 N–H and O–H groups in total. The van der Waals surface area contributed by atoms with E-state index in [0.29, 0.717) is 11.1 Å². The number of amides is 1. The first-order valence-corrected chi connectivity index (χ1v) is 6.55. The first-order chi connectivity index (χ1) is 9.31. The molecule has 20 heavy (non-hydrogen) atoms. The fourth-order valence-electron chi connectivity index (χ4n) is 1.82. The number of carbonyl (C=O) groups excluding carboxylic acids is 2. The monoisotopic (exact) mass is 292 g/mol. The van der Waals surface area contributed by atoms with Gasteiger partial charge in [-0.2, -0.15) is 0 Å². The van der Waals surface area contributed by atoms with Gasteiger partial charge in [-0.25, -0.2) is 4.79 Å². The number of hydrogen-bond donors (Lipinski definition) is 2. The summed E-state index contributed by atoms with van der Waals surface area (Å²) in [6, 6.07) is 6.79. The number of fused-ring (bicyclic) bond motifs is 1. The number of hydrogen-bond acceptors (Lipinski definition) is 4. The van der Waals surface area contributed by atoms with Gasteiger partial charge in [0.15, 0.2) is 0 Å². The van der Waals surface area contributed by atoms with Crippen molar-refractivity contribution in [3.05, 3.63) is 36.0 Å². The first-order valence-electron chi connectivity index (χ1n) is 6.11. The number of benzene rings is 1. The smallest absolute Gasteiger partial charge is 0.418 e. The summed E-state index contributed by atoms with van der Waals surface area (Å²) in [5.74, 6) is -0.291. The van der Waals surface area contributed by atoms with Crippen LogP contribution in [0.5, 0.6) is 0 Å². The predicted octanol–water partition coefficient (Wildman–Crippen LogP) is 3.00. The minimum absolute atomic E-state index is 0.291. The topological polar surface area (TPSA) is 60.3 Å². The molecule has 0 aliphatic carbocycles.